The van der Waals surface area contributed by atoms with Gasteiger partial charge in [0.1, 0.15) is 15.5 Å². The summed E-state index contributed by atoms with van der Waals surface area (Å²) in [5.41, 5.74) is 0.263. The van der Waals surface area contributed by atoms with Crippen molar-refractivity contribution < 1.29 is 9.90 Å². The number of nitrogens with zero attached hydrogens (tertiary/aromatic N) is 2. The summed E-state index contributed by atoms with van der Waals surface area (Å²) in [5.74, 6) is -0.383. The third kappa shape index (κ3) is 2.91. The van der Waals surface area contributed by atoms with Crippen LogP contribution >= 0.6 is 11.3 Å². The Morgan fingerprint density at radius 1 is 1.32 bits per heavy atom. The highest BCUT2D eigenvalue weighted by atomic mass is 32.1. The molecule has 0 atom stereocenters. The summed E-state index contributed by atoms with van der Waals surface area (Å²) in [6.07, 6.45) is 4.86. The third-order valence-corrected chi connectivity index (χ3v) is 5.29. The number of rotatable bonds is 3. The molecule has 0 spiro atoms. The Bertz CT molecular complexity index is 757. The highest BCUT2D eigenvalue weighted by molar-refractivity contribution is 7.20. The maximum atomic E-state index is 12.3. The van der Waals surface area contributed by atoms with E-state index in [1.54, 1.807) is 6.92 Å². The zero-order chi connectivity index (χ0) is 15.7. The van der Waals surface area contributed by atoms with E-state index in [1.165, 1.54) is 25.7 Å². The number of nitrogens with one attached hydrogen (secondary N) is 1. The second-order valence-corrected chi connectivity index (χ2v) is 6.74. The fourth-order valence-electron chi connectivity index (χ4n) is 2.97. The number of fused-ring (bicyclic) bond motifs is 1. The summed E-state index contributed by atoms with van der Waals surface area (Å²) in [6, 6.07) is 0. The van der Waals surface area contributed by atoms with Gasteiger partial charge in [-0.15, -0.1) is 11.3 Å². The number of aromatic nitrogens is 2. The van der Waals surface area contributed by atoms with Gasteiger partial charge in [0, 0.05) is 0 Å². The molecule has 3 rings (SSSR count). The summed E-state index contributed by atoms with van der Waals surface area (Å²) >= 11 is 1.08. The van der Waals surface area contributed by atoms with Crippen LogP contribution in [0.15, 0.2) is 4.79 Å². The van der Waals surface area contributed by atoms with Crippen LogP contribution < -0.4 is 5.56 Å². The van der Waals surface area contributed by atoms with E-state index >= 15 is 0 Å². The lowest BCUT2D eigenvalue weighted by Gasteiger charge is -2.18. The normalized spacial score (nSPS) is 16.8. The van der Waals surface area contributed by atoms with E-state index in [0.29, 0.717) is 28.1 Å². The average molecular weight is 321 g/mol. The molecule has 1 aliphatic heterocycles. The lowest BCUT2D eigenvalue weighted by atomic mass is 10.2. The van der Waals surface area contributed by atoms with Crippen LogP contribution in [0, 0.1) is 6.92 Å². The van der Waals surface area contributed by atoms with Crippen LogP contribution in [0.5, 0.6) is 0 Å². The van der Waals surface area contributed by atoms with Crippen LogP contribution in [0.2, 0.25) is 0 Å². The highest BCUT2D eigenvalue weighted by Gasteiger charge is 2.19. The molecule has 3 heterocycles. The average Bonchev–Trinajstić information content (AvgIpc) is 2.63. The molecule has 6 nitrogen and oxygen atoms in total. The van der Waals surface area contributed by atoms with E-state index in [2.05, 4.69) is 14.9 Å². The van der Waals surface area contributed by atoms with E-state index < -0.39 is 5.97 Å². The van der Waals surface area contributed by atoms with Crippen molar-refractivity contribution in [3.63, 3.8) is 0 Å². The fraction of sp³-hybridized carbons (Fsp3) is 0.533. The Kier molecular flexibility index (Phi) is 4.26. The molecular formula is C15H19N3O3S. The van der Waals surface area contributed by atoms with Crippen molar-refractivity contribution in [1.82, 2.24) is 14.9 Å². The molecule has 0 aliphatic carbocycles. The molecule has 2 aromatic heterocycles. The minimum atomic E-state index is -1.01. The van der Waals surface area contributed by atoms with Crippen LogP contribution in [-0.4, -0.2) is 39.0 Å². The van der Waals surface area contributed by atoms with Crippen LogP contribution in [0.4, 0.5) is 0 Å². The minimum absolute atomic E-state index is 0.194. The number of aryl methyl sites for hydroxylation is 1. The first-order chi connectivity index (χ1) is 10.6. The molecule has 2 N–H and O–H groups in total. The Morgan fingerprint density at radius 3 is 2.64 bits per heavy atom. The van der Waals surface area contributed by atoms with E-state index in [-0.39, 0.29) is 10.4 Å². The van der Waals surface area contributed by atoms with Crippen molar-refractivity contribution in [3.8, 4) is 0 Å². The Morgan fingerprint density at radius 2 is 2.00 bits per heavy atom. The molecule has 0 saturated carbocycles. The molecule has 1 fully saturated rings. The van der Waals surface area contributed by atoms with Gasteiger partial charge in [-0.05, 0) is 38.4 Å². The smallest absolute Gasteiger partial charge is 0.346 e. The number of carboxylic acid groups (broad SMARTS) is 1. The molecule has 22 heavy (non-hydrogen) atoms. The van der Waals surface area contributed by atoms with Gasteiger partial charge in [-0.2, -0.15) is 0 Å². The van der Waals surface area contributed by atoms with Gasteiger partial charge in [0.05, 0.1) is 11.9 Å². The van der Waals surface area contributed by atoms with Gasteiger partial charge < -0.3 is 10.1 Å². The molecule has 0 amide bonds. The summed E-state index contributed by atoms with van der Waals surface area (Å²) in [7, 11) is 0. The SMILES string of the molecule is Cc1c(C(=O)O)sc2nc(CN3CCCCCC3)[nH]c(=O)c12. The zero-order valence-corrected chi connectivity index (χ0v) is 13.3. The number of H-pyrrole nitrogens is 1. The quantitative estimate of drug-likeness (QED) is 0.906. The number of thiophene rings is 1. The zero-order valence-electron chi connectivity index (χ0n) is 12.5. The second kappa shape index (κ2) is 6.18. The topological polar surface area (TPSA) is 86.3 Å². The van der Waals surface area contributed by atoms with E-state index in [0.717, 1.165) is 24.4 Å². The highest BCUT2D eigenvalue weighted by Crippen LogP contribution is 2.27. The number of hydrogen-bond acceptors (Lipinski definition) is 5. The lowest BCUT2D eigenvalue weighted by molar-refractivity contribution is 0.0701. The standard InChI is InChI=1S/C15H19N3O3S/c1-9-11-13(19)16-10(8-18-6-4-2-3-5-7-18)17-14(11)22-12(9)15(20)21/h2-8H2,1H3,(H,20,21)(H,16,17,19). The van der Waals surface area contributed by atoms with Crippen molar-refractivity contribution in [1.29, 1.82) is 0 Å². The van der Waals surface area contributed by atoms with Crippen molar-refractivity contribution >= 4 is 27.5 Å². The molecular weight excluding hydrogens is 302 g/mol. The van der Waals surface area contributed by atoms with Crippen molar-refractivity contribution in [2.45, 2.75) is 39.2 Å². The first-order valence-electron chi connectivity index (χ1n) is 7.54. The maximum Gasteiger partial charge on any atom is 0.346 e. The van der Waals surface area contributed by atoms with E-state index in [4.69, 9.17) is 0 Å². The fourth-order valence-corrected chi connectivity index (χ4v) is 4.01. The number of aromatic amines is 1. The van der Waals surface area contributed by atoms with Gasteiger partial charge in [0.2, 0.25) is 0 Å². The van der Waals surface area contributed by atoms with Gasteiger partial charge in [0.15, 0.2) is 0 Å². The van der Waals surface area contributed by atoms with Gasteiger partial charge >= 0.3 is 5.97 Å². The first-order valence-corrected chi connectivity index (χ1v) is 8.36. The Hall–Kier alpha value is -1.73. The first kappa shape index (κ1) is 15.2. The molecule has 0 radical (unpaired) electrons. The van der Waals surface area contributed by atoms with Gasteiger partial charge in [0.25, 0.3) is 5.56 Å². The summed E-state index contributed by atoms with van der Waals surface area (Å²) < 4.78 is 0. The second-order valence-electron chi connectivity index (χ2n) is 5.74. The maximum absolute atomic E-state index is 12.3. The molecule has 0 bridgehead atoms. The van der Waals surface area contributed by atoms with Gasteiger partial charge in [-0.25, -0.2) is 9.78 Å². The van der Waals surface area contributed by atoms with Crippen molar-refractivity contribution in [3.05, 3.63) is 26.6 Å². The predicted molar refractivity (Wildman–Crippen MR) is 85.7 cm³/mol. The molecule has 2 aromatic rings. The molecule has 118 valence electrons. The van der Waals surface area contributed by atoms with Crippen molar-refractivity contribution in [2.24, 2.45) is 0 Å². The number of likely N-dealkylation sites (tertiary alicyclic amines) is 1. The molecule has 0 unspecified atom stereocenters. The van der Waals surface area contributed by atoms with Crippen molar-refractivity contribution in [2.75, 3.05) is 13.1 Å². The molecule has 0 aromatic carbocycles. The van der Waals surface area contributed by atoms with Crippen LogP contribution in [-0.2, 0) is 6.54 Å². The van der Waals surface area contributed by atoms with Gasteiger partial charge in [-0.3, -0.25) is 9.69 Å². The number of carboxylic acids is 1. The number of aromatic carboxylic acids is 1. The summed E-state index contributed by atoms with van der Waals surface area (Å²) in [6.45, 7) is 4.31. The monoisotopic (exact) mass is 321 g/mol. The van der Waals surface area contributed by atoms with Gasteiger partial charge in [-0.1, -0.05) is 12.8 Å². The molecule has 1 saturated heterocycles. The predicted octanol–water partition coefficient (Wildman–Crippen LogP) is 2.37. The number of hydrogen-bond donors (Lipinski definition) is 2. The molecule has 1 aliphatic rings. The lowest BCUT2D eigenvalue weighted by Crippen LogP contribution is -2.26. The van der Waals surface area contributed by atoms with Crippen LogP contribution in [0.1, 0.15) is 46.7 Å². The Labute approximate surface area is 131 Å². The third-order valence-electron chi connectivity index (χ3n) is 4.12. The number of carbonyl (C=O) groups is 1. The largest absolute Gasteiger partial charge is 0.477 e. The van der Waals surface area contributed by atoms with Crippen LogP contribution in [0.25, 0.3) is 10.2 Å². The minimum Gasteiger partial charge on any atom is -0.477 e. The van der Waals surface area contributed by atoms with E-state index in [9.17, 15) is 14.7 Å². The molecule has 7 heteroatoms. The van der Waals surface area contributed by atoms with Crippen LogP contribution in [0.3, 0.4) is 0 Å². The summed E-state index contributed by atoms with van der Waals surface area (Å²) in [4.78, 5) is 33.8. The van der Waals surface area contributed by atoms with E-state index in [1.807, 2.05) is 0 Å². The Balaban J connectivity index is 1.94. The summed E-state index contributed by atoms with van der Waals surface area (Å²) in [5, 5.41) is 9.59.